The summed E-state index contributed by atoms with van der Waals surface area (Å²) in [6.07, 6.45) is 10.8. The minimum absolute atomic E-state index is 0.267. The molecule has 3 aromatic rings. The van der Waals surface area contributed by atoms with E-state index in [1.807, 2.05) is 5.38 Å². The summed E-state index contributed by atoms with van der Waals surface area (Å²) in [5, 5.41) is 6.18. The summed E-state index contributed by atoms with van der Waals surface area (Å²) >= 11 is 1.50. The number of nitrogens with zero attached hydrogens (tertiary/aromatic N) is 4. The molecule has 8 nitrogen and oxygen atoms in total. The minimum Gasteiger partial charge on any atom is -0.467 e. The van der Waals surface area contributed by atoms with Gasteiger partial charge >= 0.3 is 12.0 Å². The molecule has 0 spiro atoms. The van der Waals surface area contributed by atoms with Crippen molar-refractivity contribution < 1.29 is 14.3 Å². The van der Waals surface area contributed by atoms with E-state index in [9.17, 15) is 4.79 Å². The number of aryl methyl sites for hydroxylation is 3. The molecule has 0 atom stereocenters. The van der Waals surface area contributed by atoms with E-state index >= 15 is 0 Å². The second-order valence-electron chi connectivity index (χ2n) is 7.96. The van der Waals surface area contributed by atoms with Gasteiger partial charge in [0, 0.05) is 47.2 Å². The number of hydrogen-bond donors (Lipinski definition) is 1. The molecule has 0 saturated heterocycles. The number of unbranched alkanes of at least 4 members (excludes halogenated alkanes) is 1. The molecule has 3 aromatic heterocycles. The van der Waals surface area contributed by atoms with Crippen LogP contribution in [0, 0.1) is 0 Å². The smallest absolute Gasteiger partial charge is 0.331 e. The van der Waals surface area contributed by atoms with Crippen molar-refractivity contribution in [3.8, 4) is 6.01 Å². The van der Waals surface area contributed by atoms with Crippen LogP contribution in [0.5, 0.6) is 6.01 Å². The molecule has 0 bridgehead atoms. The van der Waals surface area contributed by atoms with Crippen LogP contribution in [0.25, 0.3) is 5.57 Å². The maximum absolute atomic E-state index is 12.2. The van der Waals surface area contributed by atoms with E-state index < -0.39 is 5.97 Å². The molecule has 1 aliphatic heterocycles. The first-order valence-corrected chi connectivity index (χ1v) is 12.5. The van der Waals surface area contributed by atoms with Crippen LogP contribution in [0.15, 0.2) is 36.0 Å². The Morgan fingerprint density at radius 3 is 2.71 bits per heavy atom. The van der Waals surface area contributed by atoms with Gasteiger partial charge in [0.25, 0.3) is 0 Å². The van der Waals surface area contributed by atoms with Gasteiger partial charge in [-0.1, -0.05) is 6.07 Å². The number of rotatable bonds is 10. The number of nitrogens with one attached hydrogen (secondary N) is 1. The zero-order valence-corrected chi connectivity index (χ0v) is 20.4. The van der Waals surface area contributed by atoms with Crippen LogP contribution in [0.3, 0.4) is 0 Å². The fraction of sp³-hybridized carbons (Fsp3) is 0.400. The number of thiazole rings is 1. The van der Waals surface area contributed by atoms with Crippen LogP contribution in [-0.2, 0) is 28.8 Å². The number of carbonyl (C=O) groups is 1. The van der Waals surface area contributed by atoms with Gasteiger partial charge in [0.15, 0.2) is 0 Å². The third kappa shape index (κ3) is 6.17. The first-order valence-electron chi connectivity index (χ1n) is 11.6. The van der Waals surface area contributed by atoms with E-state index in [1.54, 1.807) is 19.3 Å². The quantitative estimate of drug-likeness (QED) is 0.262. The second-order valence-corrected chi connectivity index (χ2v) is 8.82. The molecule has 0 unspecified atom stereocenters. The van der Waals surface area contributed by atoms with Crippen LogP contribution in [-0.4, -0.2) is 46.2 Å². The van der Waals surface area contributed by atoms with Crippen LogP contribution in [0.2, 0.25) is 0 Å². The number of pyridine rings is 1. The summed E-state index contributed by atoms with van der Waals surface area (Å²) in [5.74, 6) is 0.633. The standard InChI is InChI=1S/C25H29N5O3S/c1-3-33-22(31)13-21(18-14-27-25(32-2)28-15-18)24-30-20(16-34-24)9-5-4-8-19-11-10-17-7-6-12-26-23(17)29-19/h10-11,13-16H,3-9,12H2,1-2H3,(H,26,29)/b21-13+. The number of anilines is 1. The van der Waals surface area contributed by atoms with E-state index in [0.29, 0.717) is 17.7 Å². The van der Waals surface area contributed by atoms with Gasteiger partial charge in [0.1, 0.15) is 10.8 Å². The first kappa shape index (κ1) is 23.8. The Bertz CT molecular complexity index is 1140. The number of methoxy groups -OCH3 is 1. The summed E-state index contributed by atoms with van der Waals surface area (Å²) in [5.41, 5.74) is 4.78. The van der Waals surface area contributed by atoms with Crippen molar-refractivity contribution in [3.05, 3.63) is 63.5 Å². The Hall–Kier alpha value is -3.33. The predicted octanol–water partition coefficient (Wildman–Crippen LogP) is 4.26. The average molecular weight is 480 g/mol. The molecular formula is C25H29N5O3S. The van der Waals surface area contributed by atoms with Crippen molar-refractivity contribution in [2.45, 2.75) is 45.4 Å². The molecule has 4 heterocycles. The fourth-order valence-electron chi connectivity index (χ4n) is 3.80. The molecule has 178 valence electrons. The average Bonchev–Trinajstić information content (AvgIpc) is 3.34. The van der Waals surface area contributed by atoms with Crippen molar-refractivity contribution in [1.82, 2.24) is 19.9 Å². The van der Waals surface area contributed by atoms with Gasteiger partial charge in [-0.2, -0.15) is 0 Å². The number of ether oxygens (including phenoxy) is 2. The monoisotopic (exact) mass is 479 g/mol. The van der Waals surface area contributed by atoms with Crippen molar-refractivity contribution in [2.75, 3.05) is 25.6 Å². The molecule has 9 heteroatoms. The van der Waals surface area contributed by atoms with Crippen LogP contribution in [0.4, 0.5) is 5.82 Å². The predicted molar refractivity (Wildman–Crippen MR) is 132 cm³/mol. The Kier molecular flexibility index (Phi) is 8.19. The maximum Gasteiger partial charge on any atom is 0.331 e. The summed E-state index contributed by atoms with van der Waals surface area (Å²) in [6, 6.07) is 4.62. The lowest BCUT2D eigenvalue weighted by atomic mass is 10.1. The van der Waals surface area contributed by atoms with Crippen LogP contribution < -0.4 is 10.1 Å². The molecule has 0 aliphatic carbocycles. The lowest BCUT2D eigenvalue weighted by molar-refractivity contribution is -0.137. The molecule has 34 heavy (non-hydrogen) atoms. The Morgan fingerprint density at radius 1 is 1.15 bits per heavy atom. The molecule has 1 aliphatic rings. The van der Waals surface area contributed by atoms with Crippen molar-refractivity contribution in [2.24, 2.45) is 0 Å². The normalized spacial score (nSPS) is 13.2. The van der Waals surface area contributed by atoms with Gasteiger partial charge in [-0.15, -0.1) is 11.3 Å². The second kappa shape index (κ2) is 11.7. The van der Waals surface area contributed by atoms with E-state index in [1.165, 1.54) is 36.5 Å². The van der Waals surface area contributed by atoms with Gasteiger partial charge in [-0.25, -0.2) is 24.7 Å². The molecule has 1 N–H and O–H groups in total. The third-order valence-electron chi connectivity index (χ3n) is 5.52. The number of esters is 1. The van der Waals surface area contributed by atoms with E-state index in [2.05, 4.69) is 27.4 Å². The highest BCUT2D eigenvalue weighted by Crippen LogP contribution is 2.27. The van der Waals surface area contributed by atoms with Crippen molar-refractivity contribution >= 4 is 28.7 Å². The van der Waals surface area contributed by atoms with Crippen molar-refractivity contribution in [3.63, 3.8) is 0 Å². The van der Waals surface area contributed by atoms with Gasteiger partial charge in [0.2, 0.25) is 0 Å². The van der Waals surface area contributed by atoms with E-state index in [0.717, 1.165) is 60.9 Å². The molecule has 0 aromatic carbocycles. The fourth-order valence-corrected chi connectivity index (χ4v) is 4.69. The third-order valence-corrected chi connectivity index (χ3v) is 6.44. The molecule has 4 rings (SSSR count). The highest BCUT2D eigenvalue weighted by atomic mass is 32.1. The molecule has 0 saturated carbocycles. The Balaban J connectivity index is 1.38. The zero-order valence-electron chi connectivity index (χ0n) is 19.5. The molecular weight excluding hydrogens is 450 g/mol. The van der Waals surface area contributed by atoms with Gasteiger partial charge in [0.05, 0.1) is 19.4 Å². The Labute approximate surface area is 203 Å². The van der Waals surface area contributed by atoms with Gasteiger partial charge in [-0.05, 0) is 57.1 Å². The number of carbonyl (C=O) groups excluding carboxylic acids is 1. The van der Waals surface area contributed by atoms with Crippen molar-refractivity contribution in [1.29, 1.82) is 0 Å². The van der Waals surface area contributed by atoms with Crippen LogP contribution in [0.1, 0.15) is 53.7 Å². The highest BCUT2D eigenvalue weighted by Gasteiger charge is 2.15. The number of fused-ring (bicyclic) bond motifs is 1. The van der Waals surface area contributed by atoms with E-state index in [-0.39, 0.29) is 6.01 Å². The Morgan fingerprint density at radius 2 is 1.94 bits per heavy atom. The minimum atomic E-state index is -0.419. The topological polar surface area (TPSA) is 99.1 Å². The summed E-state index contributed by atoms with van der Waals surface area (Å²) < 4.78 is 10.1. The number of hydrogen-bond acceptors (Lipinski definition) is 9. The number of aromatic nitrogens is 4. The largest absolute Gasteiger partial charge is 0.467 e. The maximum atomic E-state index is 12.2. The highest BCUT2D eigenvalue weighted by molar-refractivity contribution is 7.10. The molecule has 0 fully saturated rings. The summed E-state index contributed by atoms with van der Waals surface area (Å²) in [7, 11) is 1.51. The summed E-state index contributed by atoms with van der Waals surface area (Å²) in [4.78, 5) is 30.0. The molecule has 0 amide bonds. The lowest BCUT2D eigenvalue weighted by Crippen LogP contribution is -2.14. The van der Waals surface area contributed by atoms with E-state index in [4.69, 9.17) is 19.4 Å². The van der Waals surface area contributed by atoms with Gasteiger partial charge in [-0.3, -0.25) is 0 Å². The zero-order chi connectivity index (χ0) is 23.8. The first-order chi connectivity index (χ1) is 16.7. The SMILES string of the molecule is CCOC(=O)/C=C(\c1cnc(OC)nc1)c1nc(CCCCc2ccc3c(n2)NCCC3)cs1. The molecule has 0 radical (unpaired) electrons. The lowest BCUT2D eigenvalue weighted by Gasteiger charge is -2.17. The summed E-state index contributed by atoms with van der Waals surface area (Å²) in [6.45, 7) is 3.09. The van der Waals surface area contributed by atoms with Gasteiger partial charge < -0.3 is 14.8 Å². The van der Waals surface area contributed by atoms with Crippen LogP contribution >= 0.6 is 11.3 Å².